The molecule has 7 nitrogen and oxygen atoms in total. The highest BCUT2D eigenvalue weighted by Gasteiger charge is 2.08. The first-order valence-corrected chi connectivity index (χ1v) is 6.13. The summed E-state index contributed by atoms with van der Waals surface area (Å²) in [5, 5.41) is 12.9. The van der Waals surface area contributed by atoms with Gasteiger partial charge >= 0.3 is 5.97 Å². The maximum atomic E-state index is 11.7. The summed E-state index contributed by atoms with van der Waals surface area (Å²) in [5.74, 6) is -1.55. The van der Waals surface area contributed by atoms with Crippen LogP contribution in [0.25, 0.3) is 0 Å². The van der Waals surface area contributed by atoms with Gasteiger partial charge in [-0.3, -0.25) is 14.4 Å². The SMILES string of the molecule is C=CCOc1ccc(C(=O)NCC(=O)NCC(=O)O)cc1. The highest BCUT2D eigenvalue weighted by Crippen LogP contribution is 2.11. The fraction of sp³-hybridized carbons (Fsp3) is 0.214. The Bertz CT molecular complexity index is 525. The van der Waals surface area contributed by atoms with Crippen molar-refractivity contribution in [3.63, 3.8) is 0 Å². The summed E-state index contributed by atoms with van der Waals surface area (Å²) >= 11 is 0. The minimum Gasteiger partial charge on any atom is -0.490 e. The maximum Gasteiger partial charge on any atom is 0.322 e. The Hall–Kier alpha value is -2.83. The molecule has 1 aromatic carbocycles. The molecule has 0 atom stereocenters. The minimum atomic E-state index is -1.15. The van der Waals surface area contributed by atoms with Crippen molar-refractivity contribution in [3.05, 3.63) is 42.5 Å². The van der Waals surface area contributed by atoms with Crippen LogP contribution in [-0.2, 0) is 9.59 Å². The predicted octanol–water partition coefficient (Wildman–Crippen LogP) is 0.182. The predicted molar refractivity (Wildman–Crippen MR) is 75.1 cm³/mol. The van der Waals surface area contributed by atoms with Gasteiger partial charge in [0.05, 0.1) is 6.54 Å². The number of aliphatic carboxylic acids is 1. The second kappa shape index (κ2) is 8.36. The van der Waals surface area contributed by atoms with E-state index >= 15 is 0 Å². The lowest BCUT2D eigenvalue weighted by Crippen LogP contribution is -2.38. The standard InChI is InChI=1S/C14H16N2O5/c1-2-7-21-11-5-3-10(4-6-11)14(20)16-8-12(17)15-9-13(18)19/h2-6H,1,7-9H2,(H,15,17)(H,16,20)(H,18,19). The molecular weight excluding hydrogens is 276 g/mol. The molecule has 0 heterocycles. The molecule has 0 unspecified atom stereocenters. The lowest BCUT2D eigenvalue weighted by molar-refractivity contribution is -0.137. The lowest BCUT2D eigenvalue weighted by atomic mass is 10.2. The van der Waals surface area contributed by atoms with E-state index in [0.717, 1.165) is 0 Å². The van der Waals surface area contributed by atoms with Crippen molar-refractivity contribution in [3.8, 4) is 5.75 Å². The highest BCUT2D eigenvalue weighted by molar-refractivity contribution is 5.96. The van der Waals surface area contributed by atoms with Gasteiger partial charge in [0.2, 0.25) is 5.91 Å². The fourth-order valence-electron chi connectivity index (χ4n) is 1.36. The zero-order valence-corrected chi connectivity index (χ0v) is 11.3. The quantitative estimate of drug-likeness (QED) is 0.593. The first-order chi connectivity index (χ1) is 10.0. The van der Waals surface area contributed by atoms with E-state index in [0.29, 0.717) is 17.9 Å². The maximum absolute atomic E-state index is 11.7. The van der Waals surface area contributed by atoms with E-state index in [4.69, 9.17) is 9.84 Å². The number of carbonyl (C=O) groups excluding carboxylic acids is 2. The summed E-state index contributed by atoms with van der Waals surface area (Å²) in [6.45, 7) is 3.12. The van der Waals surface area contributed by atoms with Gasteiger partial charge in [-0.2, -0.15) is 0 Å². The van der Waals surface area contributed by atoms with Crippen LogP contribution in [0.5, 0.6) is 5.75 Å². The van der Waals surface area contributed by atoms with E-state index < -0.39 is 24.3 Å². The van der Waals surface area contributed by atoms with Gasteiger partial charge < -0.3 is 20.5 Å². The third-order valence-electron chi connectivity index (χ3n) is 2.33. The van der Waals surface area contributed by atoms with Crippen LogP contribution in [0.3, 0.4) is 0 Å². The number of nitrogens with one attached hydrogen (secondary N) is 2. The molecule has 0 radical (unpaired) electrons. The Balaban J connectivity index is 2.42. The zero-order chi connectivity index (χ0) is 15.7. The van der Waals surface area contributed by atoms with Crippen LogP contribution in [-0.4, -0.2) is 42.6 Å². The molecule has 1 aromatic rings. The third kappa shape index (κ3) is 6.24. The van der Waals surface area contributed by atoms with Gasteiger partial charge in [-0.25, -0.2) is 0 Å². The minimum absolute atomic E-state index is 0.291. The van der Waals surface area contributed by atoms with Crippen molar-refractivity contribution in [1.82, 2.24) is 10.6 Å². The monoisotopic (exact) mass is 292 g/mol. The molecule has 1 rings (SSSR count). The van der Waals surface area contributed by atoms with E-state index in [2.05, 4.69) is 17.2 Å². The summed E-state index contributed by atoms with van der Waals surface area (Å²) in [5.41, 5.74) is 0.368. The summed E-state index contributed by atoms with van der Waals surface area (Å²) in [6, 6.07) is 6.37. The van der Waals surface area contributed by atoms with Crippen LogP contribution in [0.4, 0.5) is 0 Å². The van der Waals surface area contributed by atoms with Crippen molar-refractivity contribution in [2.45, 2.75) is 0 Å². The van der Waals surface area contributed by atoms with Gasteiger partial charge in [-0.05, 0) is 24.3 Å². The van der Waals surface area contributed by atoms with Crippen molar-refractivity contribution in [2.24, 2.45) is 0 Å². The molecule has 0 fully saturated rings. The van der Waals surface area contributed by atoms with Gasteiger partial charge in [0.1, 0.15) is 18.9 Å². The topological polar surface area (TPSA) is 105 Å². The van der Waals surface area contributed by atoms with Crippen LogP contribution in [0.15, 0.2) is 36.9 Å². The van der Waals surface area contributed by atoms with Crippen molar-refractivity contribution < 1.29 is 24.2 Å². The Morgan fingerprint density at radius 1 is 1.14 bits per heavy atom. The zero-order valence-electron chi connectivity index (χ0n) is 11.3. The molecule has 0 aliphatic carbocycles. The third-order valence-corrected chi connectivity index (χ3v) is 2.33. The molecule has 3 N–H and O–H groups in total. The molecule has 2 amide bonds. The number of carboxylic acid groups (broad SMARTS) is 1. The Morgan fingerprint density at radius 2 is 1.81 bits per heavy atom. The fourth-order valence-corrected chi connectivity index (χ4v) is 1.36. The van der Waals surface area contributed by atoms with Gasteiger partial charge in [-0.15, -0.1) is 0 Å². The molecule has 0 bridgehead atoms. The van der Waals surface area contributed by atoms with Crippen LogP contribution < -0.4 is 15.4 Å². The molecular formula is C14H16N2O5. The van der Waals surface area contributed by atoms with Crippen LogP contribution in [0.1, 0.15) is 10.4 Å². The first kappa shape index (κ1) is 16.2. The van der Waals surface area contributed by atoms with Crippen LogP contribution in [0.2, 0.25) is 0 Å². The number of carbonyl (C=O) groups is 3. The van der Waals surface area contributed by atoms with Crippen LogP contribution >= 0.6 is 0 Å². The van der Waals surface area contributed by atoms with Crippen molar-refractivity contribution in [1.29, 1.82) is 0 Å². The average molecular weight is 292 g/mol. The van der Waals surface area contributed by atoms with Crippen molar-refractivity contribution >= 4 is 17.8 Å². The van der Waals surface area contributed by atoms with Gasteiger partial charge in [0.25, 0.3) is 5.91 Å². The number of carboxylic acids is 1. The Labute approximate surface area is 121 Å². The van der Waals surface area contributed by atoms with Gasteiger partial charge in [0.15, 0.2) is 0 Å². The molecule has 0 aliphatic rings. The molecule has 0 aromatic heterocycles. The Morgan fingerprint density at radius 3 is 2.38 bits per heavy atom. The highest BCUT2D eigenvalue weighted by atomic mass is 16.5. The number of rotatable bonds is 8. The number of hydrogen-bond donors (Lipinski definition) is 3. The molecule has 0 saturated heterocycles. The second-order valence-electron chi connectivity index (χ2n) is 3.98. The van der Waals surface area contributed by atoms with E-state index in [-0.39, 0.29) is 6.54 Å². The van der Waals surface area contributed by atoms with E-state index in [1.807, 2.05) is 0 Å². The summed E-state index contributed by atoms with van der Waals surface area (Å²) in [4.78, 5) is 33.2. The number of amides is 2. The normalized spacial score (nSPS) is 9.52. The van der Waals surface area contributed by atoms with E-state index in [1.54, 1.807) is 30.3 Å². The summed E-state index contributed by atoms with van der Waals surface area (Å²) < 4.78 is 5.27. The number of benzene rings is 1. The average Bonchev–Trinajstić information content (AvgIpc) is 2.49. The molecule has 21 heavy (non-hydrogen) atoms. The second-order valence-corrected chi connectivity index (χ2v) is 3.98. The first-order valence-electron chi connectivity index (χ1n) is 6.13. The molecule has 112 valence electrons. The molecule has 0 aliphatic heterocycles. The molecule has 0 spiro atoms. The van der Waals surface area contributed by atoms with E-state index in [1.165, 1.54) is 0 Å². The molecule has 0 saturated carbocycles. The van der Waals surface area contributed by atoms with Crippen LogP contribution in [0, 0.1) is 0 Å². The summed E-state index contributed by atoms with van der Waals surface area (Å²) in [7, 11) is 0. The number of ether oxygens (including phenoxy) is 1. The summed E-state index contributed by atoms with van der Waals surface area (Å²) in [6.07, 6.45) is 1.61. The van der Waals surface area contributed by atoms with Crippen molar-refractivity contribution in [2.75, 3.05) is 19.7 Å². The largest absolute Gasteiger partial charge is 0.490 e. The van der Waals surface area contributed by atoms with E-state index in [9.17, 15) is 14.4 Å². The number of hydrogen-bond acceptors (Lipinski definition) is 4. The Kier molecular flexibility index (Phi) is 6.46. The van der Waals surface area contributed by atoms with Gasteiger partial charge in [0, 0.05) is 5.56 Å². The smallest absolute Gasteiger partial charge is 0.322 e. The lowest BCUT2D eigenvalue weighted by Gasteiger charge is -2.07. The van der Waals surface area contributed by atoms with Gasteiger partial charge in [-0.1, -0.05) is 12.7 Å². The molecule has 7 heteroatoms.